The summed E-state index contributed by atoms with van der Waals surface area (Å²) in [5.74, 6) is 0. The Hall–Kier alpha value is -3.38. The highest BCUT2D eigenvalue weighted by Gasteiger charge is 1.98. The van der Waals surface area contributed by atoms with Crippen LogP contribution < -0.4 is 0 Å². The molecule has 4 aromatic carbocycles. The van der Waals surface area contributed by atoms with Crippen LogP contribution in [0.5, 0.6) is 0 Å². The highest BCUT2D eigenvalue weighted by Crippen LogP contribution is 2.23. The molecule has 0 saturated heterocycles. The van der Waals surface area contributed by atoms with Gasteiger partial charge in [-0.05, 0) is 47.2 Å². The average molecular weight is 360 g/mol. The van der Waals surface area contributed by atoms with Crippen LogP contribution in [0.1, 0.15) is 22.3 Å². The average Bonchev–Trinajstić information content (AvgIpc) is 2.74. The Labute approximate surface area is 167 Å². The van der Waals surface area contributed by atoms with E-state index in [0.29, 0.717) is 0 Å². The molecule has 0 atom stereocenters. The molecule has 0 amide bonds. The molecule has 0 N–H and O–H groups in total. The van der Waals surface area contributed by atoms with Crippen LogP contribution in [-0.4, -0.2) is 0 Å². The van der Waals surface area contributed by atoms with Gasteiger partial charge in [-0.3, -0.25) is 0 Å². The Morgan fingerprint density at radius 1 is 0.357 bits per heavy atom. The summed E-state index contributed by atoms with van der Waals surface area (Å²) in [6, 6.07) is 34.8. The molecule has 0 unspecified atom stereocenters. The standard InChI is InChI=1S/C28H24/c1-21-3-13-25(14-4-21)27-17-9-23(10-18-27)7-8-24-11-19-28(20-12-24)26-15-5-22(2)6-16-26/h3-20H,1-2H3/b8-7+. The second kappa shape index (κ2) is 8.10. The summed E-state index contributed by atoms with van der Waals surface area (Å²) in [6.45, 7) is 4.23. The summed E-state index contributed by atoms with van der Waals surface area (Å²) in [7, 11) is 0. The van der Waals surface area contributed by atoms with Gasteiger partial charge in [0.2, 0.25) is 0 Å². The summed E-state index contributed by atoms with van der Waals surface area (Å²) in [4.78, 5) is 0. The van der Waals surface area contributed by atoms with Gasteiger partial charge < -0.3 is 0 Å². The Morgan fingerprint density at radius 3 is 0.893 bits per heavy atom. The van der Waals surface area contributed by atoms with E-state index in [-0.39, 0.29) is 0 Å². The molecule has 0 nitrogen and oxygen atoms in total. The van der Waals surface area contributed by atoms with Crippen LogP contribution in [0.2, 0.25) is 0 Å². The lowest BCUT2D eigenvalue weighted by atomic mass is 10.0. The van der Waals surface area contributed by atoms with Gasteiger partial charge in [-0.25, -0.2) is 0 Å². The predicted molar refractivity (Wildman–Crippen MR) is 122 cm³/mol. The maximum Gasteiger partial charge on any atom is -0.0184 e. The van der Waals surface area contributed by atoms with E-state index in [1.54, 1.807) is 0 Å². The lowest BCUT2D eigenvalue weighted by molar-refractivity contribution is 1.47. The number of hydrogen-bond acceptors (Lipinski definition) is 0. The van der Waals surface area contributed by atoms with Crippen LogP contribution in [0.25, 0.3) is 34.4 Å². The van der Waals surface area contributed by atoms with Crippen LogP contribution in [-0.2, 0) is 0 Å². The molecule has 0 aliphatic carbocycles. The third-order valence-electron chi connectivity index (χ3n) is 5.06. The summed E-state index contributed by atoms with van der Waals surface area (Å²) in [6.07, 6.45) is 4.33. The second-order valence-electron chi connectivity index (χ2n) is 7.31. The van der Waals surface area contributed by atoms with Crippen molar-refractivity contribution < 1.29 is 0 Å². The Morgan fingerprint density at radius 2 is 0.607 bits per heavy atom. The van der Waals surface area contributed by atoms with Crippen molar-refractivity contribution in [1.82, 2.24) is 0 Å². The van der Waals surface area contributed by atoms with Crippen LogP contribution >= 0.6 is 0 Å². The second-order valence-corrected chi connectivity index (χ2v) is 7.31. The van der Waals surface area contributed by atoms with E-state index in [0.717, 1.165) is 0 Å². The number of aryl methyl sites for hydroxylation is 2. The van der Waals surface area contributed by atoms with Crippen LogP contribution in [0.3, 0.4) is 0 Å². The van der Waals surface area contributed by atoms with Crippen LogP contribution in [0, 0.1) is 13.8 Å². The Kier molecular flexibility index (Phi) is 5.21. The molecule has 0 aliphatic heterocycles. The van der Waals surface area contributed by atoms with Crippen molar-refractivity contribution in [1.29, 1.82) is 0 Å². The van der Waals surface area contributed by atoms with Crippen molar-refractivity contribution in [2.75, 3.05) is 0 Å². The van der Waals surface area contributed by atoms with Gasteiger partial charge in [0.25, 0.3) is 0 Å². The van der Waals surface area contributed by atoms with Gasteiger partial charge in [0, 0.05) is 0 Å². The molecule has 0 aliphatic rings. The molecule has 0 heterocycles. The highest BCUT2D eigenvalue weighted by molar-refractivity contribution is 5.73. The largest absolute Gasteiger partial charge is 0.0587 e. The van der Waals surface area contributed by atoms with E-state index in [4.69, 9.17) is 0 Å². The normalized spacial score (nSPS) is 11.1. The molecule has 0 bridgehead atoms. The lowest BCUT2D eigenvalue weighted by Gasteiger charge is -2.04. The van der Waals surface area contributed by atoms with E-state index >= 15 is 0 Å². The van der Waals surface area contributed by atoms with Gasteiger partial charge >= 0.3 is 0 Å². The van der Waals surface area contributed by atoms with Crippen molar-refractivity contribution in [3.05, 3.63) is 119 Å². The monoisotopic (exact) mass is 360 g/mol. The quantitative estimate of drug-likeness (QED) is 0.326. The van der Waals surface area contributed by atoms with Crippen molar-refractivity contribution >= 4 is 12.2 Å². The first-order valence-electron chi connectivity index (χ1n) is 9.70. The van der Waals surface area contributed by atoms with Crippen LogP contribution in [0.15, 0.2) is 97.1 Å². The first-order valence-corrected chi connectivity index (χ1v) is 9.70. The predicted octanol–water partition coefficient (Wildman–Crippen LogP) is 7.81. The fourth-order valence-electron chi connectivity index (χ4n) is 3.26. The fraction of sp³-hybridized carbons (Fsp3) is 0.0714. The van der Waals surface area contributed by atoms with Gasteiger partial charge in [-0.2, -0.15) is 0 Å². The molecular formula is C28H24. The zero-order valence-electron chi connectivity index (χ0n) is 16.4. The van der Waals surface area contributed by atoms with Gasteiger partial charge in [0.15, 0.2) is 0 Å². The van der Waals surface area contributed by atoms with Gasteiger partial charge in [0.1, 0.15) is 0 Å². The van der Waals surface area contributed by atoms with Crippen LogP contribution in [0.4, 0.5) is 0 Å². The summed E-state index contributed by atoms with van der Waals surface area (Å²) in [5.41, 5.74) is 10.0. The molecule has 0 fully saturated rings. The van der Waals surface area contributed by atoms with E-state index < -0.39 is 0 Å². The minimum atomic E-state index is 1.21. The molecule has 0 spiro atoms. The van der Waals surface area contributed by atoms with E-state index in [2.05, 4.69) is 123 Å². The lowest BCUT2D eigenvalue weighted by Crippen LogP contribution is -1.80. The smallest absolute Gasteiger partial charge is 0.0184 e. The molecule has 4 rings (SSSR count). The fourth-order valence-corrected chi connectivity index (χ4v) is 3.26. The number of hydrogen-bond donors (Lipinski definition) is 0. The molecule has 136 valence electrons. The molecule has 4 aromatic rings. The molecule has 0 aromatic heterocycles. The summed E-state index contributed by atoms with van der Waals surface area (Å²) in [5, 5.41) is 0. The van der Waals surface area contributed by atoms with E-state index in [9.17, 15) is 0 Å². The highest BCUT2D eigenvalue weighted by atomic mass is 14.0. The number of rotatable bonds is 4. The van der Waals surface area contributed by atoms with Gasteiger partial charge in [-0.1, -0.05) is 120 Å². The molecule has 0 radical (unpaired) electrons. The summed E-state index contributed by atoms with van der Waals surface area (Å²) < 4.78 is 0. The zero-order chi connectivity index (χ0) is 19.3. The molecule has 0 saturated carbocycles. The third kappa shape index (κ3) is 4.29. The van der Waals surface area contributed by atoms with E-state index in [1.807, 2.05) is 0 Å². The van der Waals surface area contributed by atoms with Crippen molar-refractivity contribution in [2.24, 2.45) is 0 Å². The van der Waals surface area contributed by atoms with Crippen molar-refractivity contribution in [2.45, 2.75) is 13.8 Å². The van der Waals surface area contributed by atoms with Gasteiger partial charge in [0.05, 0.1) is 0 Å². The maximum atomic E-state index is 2.19. The van der Waals surface area contributed by atoms with Crippen molar-refractivity contribution in [3.63, 3.8) is 0 Å². The molecule has 0 heteroatoms. The minimum Gasteiger partial charge on any atom is -0.0587 e. The topological polar surface area (TPSA) is 0 Å². The van der Waals surface area contributed by atoms with Gasteiger partial charge in [-0.15, -0.1) is 0 Å². The SMILES string of the molecule is Cc1ccc(-c2ccc(/C=C/c3ccc(-c4ccc(C)cc4)cc3)cc2)cc1. The first kappa shape index (κ1) is 18.0. The first-order chi connectivity index (χ1) is 13.7. The van der Waals surface area contributed by atoms with E-state index in [1.165, 1.54) is 44.5 Å². The third-order valence-corrected chi connectivity index (χ3v) is 5.06. The minimum absolute atomic E-state index is 1.21. The molecular weight excluding hydrogens is 336 g/mol. The van der Waals surface area contributed by atoms with Crippen molar-refractivity contribution in [3.8, 4) is 22.3 Å². The Bertz CT molecular complexity index is 972. The summed E-state index contributed by atoms with van der Waals surface area (Å²) >= 11 is 0. The number of benzene rings is 4. The maximum absolute atomic E-state index is 2.19. The zero-order valence-corrected chi connectivity index (χ0v) is 16.4. The molecule has 28 heavy (non-hydrogen) atoms. The Balaban J connectivity index is 1.46.